The number of imidazole rings is 1. The number of aryl methyl sites for hydroxylation is 1. The van der Waals surface area contributed by atoms with Crippen LogP contribution in [0, 0.1) is 11.3 Å². The summed E-state index contributed by atoms with van der Waals surface area (Å²) in [6, 6.07) is 7.64. The lowest BCUT2D eigenvalue weighted by molar-refractivity contribution is 0.0927. The van der Waals surface area contributed by atoms with Crippen molar-refractivity contribution in [1.82, 2.24) is 24.9 Å². The Morgan fingerprint density at radius 3 is 2.32 bits per heavy atom. The second-order valence-corrected chi connectivity index (χ2v) is 12.1. The predicted octanol–water partition coefficient (Wildman–Crippen LogP) is 6.03. The van der Waals surface area contributed by atoms with Crippen LogP contribution in [0.3, 0.4) is 0 Å². The van der Waals surface area contributed by atoms with Crippen LogP contribution in [0.4, 0.5) is 0 Å². The van der Waals surface area contributed by atoms with Crippen LogP contribution < -0.4 is 10.9 Å². The van der Waals surface area contributed by atoms with E-state index in [1.807, 2.05) is 31.2 Å². The summed E-state index contributed by atoms with van der Waals surface area (Å²) in [6.07, 6.45) is 10.9. The highest BCUT2D eigenvalue weighted by molar-refractivity contribution is 5.94. The molecule has 7 heteroatoms. The summed E-state index contributed by atoms with van der Waals surface area (Å²) in [5, 5.41) is 8.05. The molecule has 0 saturated heterocycles. The molecule has 2 aliphatic carbocycles. The number of hydrogen-bond donors (Lipinski definition) is 2. The van der Waals surface area contributed by atoms with Crippen LogP contribution in [0.15, 0.2) is 29.1 Å². The lowest BCUT2D eigenvalue weighted by Crippen LogP contribution is -2.36. The van der Waals surface area contributed by atoms with E-state index in [-0.39, 0.29) is 17.5 Å². The van der Waals surface area contributed by atoms with Gasteiger partial charge in [-0.1, -0.05) is 59.1 Å². The lowest BCUT2D eigenvalue weighted by atomic mass is 9.70. The minimum atomic E-state index is -0.164. The van der Waals surface area contributed by atoms with Gasteiger partial charge in [0.15, 0.2) is 11.3 Å². The Balaban J connectivity index is 1.41. The Morgan fingerprint density at radius 1 is 1.03 bits per heavy atom. The average Bonchev–Trinajstić information content (AvgIpc) is 3.28. The minimum absolute atomic E-state index is 0.0364. The quantitative estimate of drug-likeness (QED) is 0.445. The molecule has 1 amide bonds. The van der Waals surface area contributed by atoms with Gasteiger partial charge in [0.25, 0.3) is 11.5 Å². The molecule has 0 bridgehead atoms. The molecule has 7 nitrogen and oxygen atoms in total. The summed E-state index contributed by atoms with van der Waals surface area (Å²) < 4.78 is 1.80. The maximum Gasteiger partial charge on any atom is 0.277 e. The Hall–Kier alpha value is -2.96. The molecule has 2 aliphatic rings. The SMILES string of the molecule is CCc1nc(C2CCC(C(C)(C)C)CC2)n2nc(-c3ccc(C(=O)NC4CCCCC4)cc3)[nH]c(=O)c12. The molecule has 2 saturated carbocycles. The molecular weight excluding hydrogens is 462 g/mol. The second-order valence-electron chi connectivity index (χ2n) is 12.1. The average molecular weight is 504 g/mol. The fourth-order valence-corrected chi connectivity index (χ4v) is 6.25. The lowest BCUT2D eigenvalue weighted by Gasteiger charge is -2.36. The second kappa shape index (κ2) is 10.4. The molecule has 37 heavy (non-hydrogen) atoms. The summed E-state index contributed by atoms with van der Waals surface area (Å²) in [7, 11) is 0. The molecule has 3 aromatic rings. The van der Waals surface area contributed by atoms with Crippen molar-refractivity contribution in [2.75, 3.05) is 0 Å². The standard InChI is InChI=1S/C30H41N5O2/c1-5-24-25-29(37)33-26(19-11-13-21(14-12-19)28(36)31-23-9-7-6-8-10-23)34-35(25)27(32-24)20-15-17-22(18-16-20)30(2,3)4/h11-14,20,22-23H,5-10,15-18H2,1-4H3,(H,31,36)(H,33,34,37). The van der Waals surface area contributed by atoms with Gasteiger partial charge in [0.1, 0.15) is 5.82 Å². The van der Waals surface area contributed by atoms with Crippen molar-refractivity contribution in [2.45, 2.75) is 104 Å². The van der Waals surface area contributed by atoms with E-state index in [0.29, 0.717) is 40.6 Å². The fraction of sp³-hybridized carbons (Fsp3) is 0.600. The van der Waals surface area contributed by atoms with Gasteiger partial charge in [0.2, 0.25) is 0 Å². The van der Waals surface area contributed by atoms with E-state index in [2.05, 4.69) is 31.1 Å². The van der Waals surface area contributed by atoms with E-state index in [1.165, 1.54) is 32.1 Å². The zero-order valence-electron chi connectivity index (χ0n) is 22.8. The number of nitrogens with one attached hydrogen (secondary N) is 2. The number of benzene rings is 1. The molecule has 0 aliphatic heterocycles. The summed E-state index contributed by atoms with van der Waals surface area (Å²) in [4.78, 5) is 33.8. The number of rotatable bonds is 5. The zero-order chi connectivity index (χ0) is 26.2. The van der Waals surface area contributed by atoms with Crippen LogP contribution in [0.2, 0.25) is 0 Å². The van der Waals surface area contributed by atoms with E-state index in [4.69, 9.17) is 10.1 Å². The maximum absolute atomic E-state index is 13.2. The maximum atomic E-state index is 13.2. The normalized spacial score (nSPS) is 21.3. The van der Waals surface area contributed by atoms with E-state index in [1.54, 1.807) is 4.52 Å². The number of aromatic nitrogens is 4. The first kappa shape index (κ1) is 25.7. The van der Waals surface area contributed by atoms with Gasteiger partial charge in [0, 0.05) is 23.1 Å². The Bertz CT molecular complexity index is 1300. The fourth-order valence-electron chi connectivity index (χ4n) is 6.25. The summed E-state index contributed by atoms with van der Waals surface area (Å²) in [6.45, 7) is 9.02. The third kappa shape index (κ3) is 5.36. The molecular formula is C30H41N5O2. The highest BCUT2D eigenvalue weighted by Gasteiger charge is 2.33. The number of fused-ring (bicyclic) bond motifs is 1. The van der Waals surface area contributed by atoms with Crippen molar-refractivity contribution in [3.8, 4) is 11.4 Å². The van der Waals surface area contributed by atoms with Gasteiger partial charge in [-0.3, -0.25) is 9.59 Å². The van der Waals surface area contributed by atoms with Gasteiger partial charge < -0.3 is 10.3 Å². The first-order valence-corrected chi connectivity index (χ1v) is 14.2. The molecule has 2 heterocycles. The van der Waals surface area contributed by atoms with Crippen LogP contribution in [0.5, 0.6) is 0 Å². The predicted molar refractivity (Wildman–Crippen MR) is 147 cm³/mol. The van der Waals surface area contributed by atoms with E-state index >= 15 is 0 Å². The molecule has 0 radical (unpaired) electrons. The van der Waals surface area contributed by atoms with Crippen LogP contribution in [0.1, 0.15) is 113 Å². The number of H-pyrrole nitrogens is 1. The molecule has 0 spiro atoms. The van der Waals surface area contributed by atoms with Crippen molar-refractivity contribution in [1.29, 1.82) is 0 Å². The van der Waals surface area contributed by atoms with Crippen LogP contribution in [0.25, 0.3) is 16.9 Å². The van der Waals surface area contributed by atoms with Gasteiger partial charge in [0.05, 0.1) is 5.69 Å². The molecule has 1 aromatic carbocycles. The first-order chi connectivity index (χ1) is 17.7. The van der Waals surface area contributed by atoms with Gasteiger partial charge in [-0.15, -0.1) is 5.10 Å². The van der Waals surface area contributed by atoms with Crippen LogP contribution in [-0.4, -0.2) is 31.5 Å². The molecule has 198 valence electrons. The van der Waals surface area contributed by atoms with Crippen LogP contribution in [-0.2, 0) is 6.42 Å². The Labute approximate surface area is 219 Å². The number of nitrogens with zero attached hydrogens (tertiary/aromatic N) is 3. The number of carbonyl (C=O) groups excluding carboxylic acids is 1. The van der Waals surface area contributed by atoms with Gasteiger partial charge >= 0.3 is 0 Å². The highest BCUT2D eigenvalue weighted by Crippen LogP contribution is 2.43. The molecule has 0 atom stereocenters. The highest BCUT2D eigenvalue weighted by atomic mass is 16.1. The Kier molecular flexibility index (Phi) is 7.24. The zero-order valence-corrected chi connectivity index (χ0v) is 22.8. The first-order valence-electron chi connectivity index (χ1n) is 14.2. The largest absolute Gasteiger partial charge is 0.349 e. The summed E-state index contributed by atoms with van der Waals surface area (Å²) in [5.41, 5.74) is 2.93. The van der Waals surface area contributed by atoms with Gasteiger partial charge in [-0.25, -0.2) is 9.50 Å². The number of aromatic amines is 1. The van der Waals surface area contributed by atoms with Crippen molar-refractivity contribution < 1.29 is 4.79 Å². The van der Waals surface area contributed by atoms with Crippen molar-refractivity contribution in [3.05, 3.63) is 51.7 Å². The van der Waals surface area contributed by atoms with Crippen LogP contribution >= 0.6 is 0 Å². The Morgan fingerprint density at radius 2 is 1.70 bits per heavy atom. The smallest absolute Gasteiger partial charge is 0.277 e. The monoisotopic (exact) mass is 503 g/mol. The van der Waals surface area contributed by atoms with Gasteiger partial charge in [-0.2, -0.15) is 0 Å². The third-order valence-electron chi connectivity index (χ3n) is 8.61. The van der Waals surface area contributed by atoms with E-state index in [9.17, 15) is 9.59 Å². The van der Waals surface area contributed by atoms with Gasteiger partial charge in [-0.05, 0) is 68.4 Å². The summed E-state index contributed by atoms with van der Waals surface area (Å²) in [5.74, 6) is 2.39. The van der Waals surface area contributed by atoms with E-state index < -0.39 is 0 Å². The number of carbonyl (C=O) groups is 1. The molecule has 2 fully saturated rings. The molecule has 0 unspecified atom stereocenters. The minimum Gasteiger partial charge on any atom is -0.349 e. The van der Waals surface area contributed by atoms with Crippen molar-refractivity contribution in [2.24, 2.45) is 11.3 Å². The molecule has 5 rings (SSSR count). The summed E-state index contributed by atoms with van der Waals surface area (Å²) >= 11 is 0. The topological polar surface area (TPSA) is 92.2 Å². The molecule has 2 N–H and O–H groups in total. The van der Waals surface area contributed by atoms with Crippen molar-refractivity contribution in [3.63, 3.8) is 0 Å². The third-order valence-corrected chi connectivity index (χ3v) is 8.61. The number of hydrogen-bond acceptors (Lipinski definition) is 4. The van der Waals surface area contributed by atoms with E-state index in [0.717, 1.165) is 42.8 Å². The number of amides is 1. The van der Waals surface area contributed by atoms with Crippen molar-refractivity contribution >= 4 is 11.4 Å². The molecule has 2 aromatic heterocycles.